The summed E-state index contributed by atoms with van der Waals surface area (Å²) >= 11 is 1.25. The van der Waals surface area contributed by atoms with Crippen molar-refractivity contribution in [2.45, 2.75) is 32.3 Å². The van der Waals surface area contributed by atoms with E-state index in [1.165, 1.54) is 31.2 Å². The molecule has 2 aromatic rings. The fourth-order valence-corrected chi connectivity index (χ4v) is 4.45. The van der Waals surface area contributed by atoms with E-state index in [2.05, 4.69) is 39.3 Å². The Bertz CT molecular complexity index is 854. The lowest BCUT2D eigenvalue weighted by Gasteiger charge is -2.22. The molecule has 3 heterocycles. The number of benzene rings is 1. The smallest absolute Gasteiger partial charge is 0.250 e. The van der Waals surface area contributed by atoms with E-state index in [0.717, 1.165) is 23.6 Å². The van der Waals surface area contributed by atoms with Crippen molar-refractivity contribution < 1.29 is 9.47 Å². The van der Waals surface area contributed by atoms with E-state index in [1.807, 2.05) is 24.3 Å². The third-order valence-electron chi connectivity index (χ3n) is 5.44. The van der Waals surface area contributed by atoms with Crippen molar-refractivity contribution >= 4 is 11.7 Å². The van der Waals surface area contributed by atoms with Gasteiger partial charge in [-0.05, 0) is 37.1 Å². The molecule has 4 unspecified atom stereocenters. The predicted octanol–water partition coefficient (Wildman–Crippen LogP) is 3.42. The van der Waals surface area contributed by atoms with Gasteiger partial charge in [-0.25, -0.2) is 0 Å². The monoisotopic (exact) mass is 383 g/mol. The van der Waals surface area contributed by atoms with Gasteiger partial charge < -0.3 is 14.4 Å². The molecule has 4 atom stereocenters. The van der Waals surface area contributed by atoms with Crippen LogP contribution in [0.3, 0.4) is 0 Å². The fourth-order valence-electron chi connectivity index (χ4n) is 3.90. The maximum Gasteiger partial charge on any atom is 0.250 e. The zero-order chi connectivity index (χ0) is 18.8. The first-order chi connectivity index (χ1) is 13.1. The minimum Gasteiger partial charge on any atom is -0.497 e. The van der Waals surface area contributed by atoms with E-state index < -0.39 is 0 Å². The van der Waals surface area contributed by atoms with Crippen LogP contribution >= 0.6 is 11.7 Å². The lowest BCUT2D eigenvalue weighted by molar-refractivity contribution is 0.195. The molecule has 2 fully saturated rings. The van der Waals surface area contributed by atoms with E-state index in [4.69, 9.17) is 9.47 Å². The maximum atomic E-state index is 6.26. The summed E-state index contributed by atoms with van der Waals surface area (Å²) in [6.07, 6.45) is 1.03. The summed E-state index contributed by atoms with van der Waals surface area (Å²) in [4.78, 5) is 2.51. The number of rotatable bonds is 5. The molecule has 0 aliphatic carbocycles. The molecule has 0 spiro atoms. The van der Waals surface area contributed by atoms with Gasteiger partial charge in [0.2, 0.25) is 0 Å². The molecule has 2 aliphatic heterocycles. The maximum absolute atomic E-state index is 6.26. The standard InChI is InChI=1S/C21H25N3O2S/c1-14(2)19(8-7-15-5-4-6-17(11-15)25-3)26-21-20(22-27-23-21)18-13-24-10-9-16(18)12-24/h4-6,11,14,16,18-19H,9-10,12-13H2,1-3H3. The number of aromatic nitrogens is 2. The summed E-state index contributed by atoms with van der Waals surface area (Å²) < 4.78 is 20.6. The number of hydrogen-bond acceptors (Lipinski definition) is 6. The van der Waals surface area contributed by atoms with Crippen LogP contribution in [-0.2, 0) is 0 Å². The molecule has 2 aliphatic rings. The zero-order valence-corrected chi connectivity index (χ0v) is 16.8. The van der Waals surface area contributed by atoms with Crippen LogP contribution in [0.25, 0.3) is 0 Å². The molecule has 0 N–H and O–H groups in total. The topological polar surface area (TPSA) is 47.5 Å². The van der Waals surface area contributed by atoms with Crippen LogP contribution in [0.4, 0.5) is 0 Å². The minimum absolute atomic E-state index is 0.224. The SMILES string of the molecule is COc1cccc(C#CC(Oc2nsnc2C2CN3CCC2C3)C(C)C)c1. The first-order valence-electron chi connectivity index (χ1n) is 9.51. The first kappa shape index (κ1) is 18.3. The van der Waals surface area contributed by atoms with Gasteiger partial charge in [0.1, 0.15) is 11.4 Å². The third kappa shape index (κ3) is 3.95. The highest BCUT2D eigenvalue weighted by Gasteiger charge is 2.41. The number of hydrogen-bond donors (Lipinski definition) is 0. The Kier molecular flexibility index (Phi) is 5.33. The number of fused-ring (bicyclic) bond motifs is 2. The highest BCUT2D eigenvalue weighted by atomic mass is 32.1. The molecule has 1 aromatic heterocycles. The van der Waals surface area contributed by atoms with Crippen LogP contribution in [0.15, 0.2) is 24.3 Å². The minimum atomic E-state index is -0.224. The molecular formula is C21H25N3O2S. The van der Waals surface area contributed by atoms with Crippen molar-refractivity contribution in [2.24, 2.45) is 11.8 Å². The van der Waals surface area contributed by atoms with Gasteiger partial charge in [0.15, 0.2) is 6.10 Å². The van der Waals surface area contributed by atoms with E-state index in [-0.39, 0.29) is 12.0 Å². The van der Waals surface area contributed by atoms with Gasteiger partial charge in [0, 0.05) is 30.5 Å². The summed E-state index contributed by atoms with van der Waals surface area (Å²) in [6, 6.07) is 7.78. The number of piperidine rings is 1. The number of nitrogens with zero attached hydrogens (tertiary/aromatic N) is 3. The average molecular weight is 384 g/mol. The van der Waals surface area contributed by atoms with Gasteiger partial charge >= 0.3 is 0 Å². The normalized spacial score (nSPS) is 24.5. The molecule has 0 radical (unpaired) electrons. The second-order valence-electron chi connectivity index (χ2n) is 7.65. The number of ether oxygens (including phenoxy) is 2. The summed E-state index contributed by atoms with van der Waals surface area (Å²) in [6.45, 7) is 7.72. The van der Waals surface area contributed by atoms with Gasteiger partial charge in [0.25, 0.3) is 5.88 Å². The second kappa shape index (κ2) is 7.87. The van der Waals surface area contributed by atoms with E-state index in [1.54, 1.807) is 7.11 Å². The van der Waals surface area contributed by atoms with E-state index in [0.29, 0.717) is 17.7 Å². The molecule has 0 amide bonds. The Morgan fingerprint density at radius 3 is 2.85 bits per heavy atom. The van der Waals surface area contributed by atoms with Gasteiger partial charge in [0.05, 0.1) is 18.8 Å². The number of methoxy groups -OCH3 is 1. The molecule has 6 heteroatoms. The molecule has 0 saturated carbocycles. The lowest BCUT2D eigenvalue weighted by atomic mass is 9.90. The van der Waals surface area contributed by atoms with Crippen molar-refractivity contribution in [1.82, 2.24) is 13.6 Å². The largest absolute Gasteiger partial charge is 0.497 e. The Balaban J connectivity index is 1.52. The van der Waals surface area contributed by atoms with Crippen LogP contribution < -0.4 is 9.47 Å². The zero-order valence-electron chi connectivity index (χ0n) is 16.0. The van der Waals surface area contributed by atoms with Crippen LogP contribution in [0.5, 0.6) is 11.6 Å². The lowest BCUT2D eigenvalue weighted by Crippen LogP contribution is -2.25. The van der Waals surface area contributed by atoms with Crippen molar-refractivity contribution in [1.29, 1.82) is 0 Å². The molecule has 1 aromatic carbocycles. The Morgan fingerprint density at radius 2 is 2.15 bits per heavy atom. The summed E-state index contributed by atoms with van der Waals surface area (Å²) in [5, 5.41) is 0. The summed E-state index contributed by atoms with van der Waals surface area (Å²) in [7, 11) is 1.66. The molecule has 4 rings (SSSR count). The van der Waals surface area contributed by atoms with Crippen LogP contribution in [0.1, 0.15) is 37.4 Å². The van der Waals surface area contributed by atoms with Crippen molar-refractivity contribution in [3.8, 4) is 23.5 Å². The Hall–Kier alpha value is -2.10. The Morgan fingerprint density at radius 1 is 1.26 bits per heavy atom. The summed E-state index contributed by atoms with van der Waals surface area (Å²) in [5.41, 5.74) is 1.95. The molecular weight excluding hydrogens is 358 g/mol. The molecule has 2 saturated heterocycles. The molecule has 2 bridgehead atoms. The molecule has 5 nitrogen and oxygen atoms in total. The highest BCUT2D eigenvalue weighted by Crippen LogP contribution is 2.42. The highest BCUT2D eigenvalue weighted by molar-refractivity contribution is 6.99. The van der Waals surface area contributed by atoms with Crippen molar-refractivity contribution in [3.63, 3.8) is 0 Å². The second-order valence-corrected chi connectivity index (χ2v) is 8.18. The summed E-state index contributed by atoms with van der Waals surface area (Å²) in [5.74, 6) is 9.37. The van der Waals surface area contributed by atoms with Crippen molar-refractivity contribution in [3.05, 3.63) is 35.5 Å². The predicted molar refractivity (Wildman–Crippen MR) is 106 cm³/mol. The first-order valence-corrected chi connectivity index (χ1v) is 10.2. The van der Waals surface area contributed by atoms with Gasteiger partial charge in [-0.15, -0.1) is 4.37 Å². The fraction of sp³-hybridized carbons (Fsp3) is 0.524. The van der Waals surface area contributed by atoms with Crippen molar-refractivity contribution in [2.75, 3.05) is 26.7 Å². The van der Waals surface area contributed by atoms with Crippen LogP contribution in [0.2, 0.25) is 0 Å². The molecule has 27 heavy (non-hydrogen) atoms. The van der Waals surface area contributed by atoms with E-state index in [9.17, 15) is 0 Å². The van der Waals surface area contributed by atoms with E-state index >= 15 is 0 Å². The third-order valence-corrected chi connectivity index (χ3v) is 5.96. The quantitative estimate of drug-likeness (QED) is 0.741. The van der Waals surface area contributed by atoms with Crippen LogP contribution in [0, 0.1) is 23.7 Å². The Labute approximate surface area is 165 Å². The molecule has 142 valence electrons. The van der Waals surface area contributed by atoms with Gasteiger partial charge in [-0.3, -0.25) is 0 Å². The van der Waals surface area contributed by atoms with Gasteiger partial charge in [-0.2, -0.15) is 4.37 Å². The van der Waals surface area contributed by atoms with Crippen LogP contribution in [-0.4, -0.2) is 46.5 Å². The average Bonchev–Trinajstić information content (AvgIpc) is 3.41. The van der Waals surface area contributed by atoms with Gasteiger partial charge in [-0.1, -0.05) is 31.8 Å².